The Bertz CT molecular complexity index is 899. The minimum absolute atomic E-state index is 0.146. The second-order valence-corrected chi connectivity index (χ2v) is 5.74. The number of aromatic amines is 1. The molecule has 1 aliphatic heterocycles. The number of piperazine rings is 1. The van der Waals surface area contributed by atoms with Crippen molar-refractivity contribution >= 4 is 22.7 Å². The van der Waals surface area contributed by atoms with E-state index >= 15 is 0 Å². The lowest BCUT2D eigenvalue weighted by molar-refractivity contribution is 0.639. The summed E-state index contributed by atoms with van der Waals surface area (Å²) >= 11 is 0. The van der Waals surface area contributed by atoms with E-state index in [9.17, 15) is 4.79 Å². The Morgan fingerprint density at radius 2 is 1.78 bits per heavy atom. The molecule has 0 amide bonds. The molecule has 4 rings (SSSR count). The van der Waals surface area contributed by atoms with Crippen LogP contribution in [0.15, 0.2) is 23.4 Å². The second kappa shape index (κ2) is 5.11. The number of H-pyrrole nitrogens is 1. The first-order valence-corrected chi connectivity index (χ1v) is 7.52. The molecule has 0 atom stereocenters. The Balaban J connectivity index is 1.56. The number of aromatic nitrogens is 6. The lowest BCUT2D eigenvalue weighted by atomic mass is 10.3. The average Bonchev–Trinajstić information content (AvgIpc) is 3.15. The molecule has 0 spiro atoms. The molecule has 23 heavy (non-hydrogen) atoms. The Hall–Kier alpha value is -2.84. The van der Waals surface area contributed by atoms with Gasteiger partial charge in [-0.25, -0.2) is 0 Å². The first-order valence-electron chi connectivity index (χ1n) is 7.52. The van der Waals surface area contributed by atoms with E-state index < -0.39 is 0 Å². The van der Waals surface area contributed by atoms with E-state index in [1.807, 2.05) is 19.4 Å². The van der Waals surface area contributed by atoms with Crippen LogP contribution in [0.25, 0.3) is 11.0 Å². The lowest BCUT2D eigenvalue weighted by Gasteiger charge is -2.35. The SMILES string of the molecule is Cn1cc(N2CCN(c3nc4c(cnn4C)c(=O)[nH]3)CC2)cn1. The average molecular weight is 314 g/mol. The van der Waals surface area contributed by atoms with Gasteiger partial charge in [0.2, 0.25) is 5.95 Å². The third-order valence-corrected chi connectivity index (χ3v) is 4.22. The molecular weight excluding hydrogens is 296 g/mol. The van der Waals surface area contributed by atoms with Crippen LogP contribution in [-0.4, -0.2) is 55.7 Å². The van der Waals surface area contributed by atoms with Crippen molar-refractivity contribution in [1.82, 2.24) is 29.5 Å². The number of hydrogen-bond acceptors (Lipinski definition) is 6. The van der Waals surface area contributed by atoms with E-state index in [1.165, 1.54) is 0 Å². The van der Waals surface area contributed by atoms with Crippen LogP contribution < -0.4 is 15.4 Å². The highest BCUT2D eigenvalue weighted by Crippen LogP contribution is 2.18. The van der Waals surface area contributed by atoms with E-state index in [-0.39, 0.29) is 5.56 Å². The number of nitrogens with one attached hydrogen (secondary N) is 1. The van der Waals surface area contributed by atoms with E-state index in [1.54, 1.807) is 22.6 Å². The molecule has 1 saturated heterocycles. The highest BCUT2D eigenvalue weighted by Gasteiger charge is 2.21. The summed E-state index contributed by atoms with van der Waals surface area (Å²) < 4.78 is 3.43. The third-order valence-electron chi connectivity index (χ3n) is 4.22. The predicted octanol–water partition coefficient (Wildman–Crippen LogP) is -0.283. The van der Waals surface area contributed by atoms with Crippen LogP contribution in [0.4, 0.5) is 11.6 Å². The molecule has 0 saturated carbocycles. The molecule has 1 aliphatic rings. The molecule has 0 aromatic carbocycles. The number of fused-ring (bicyclic) bond motifs is 1. The normalized spacial score (nSPS) is 15.6. The summed E-state index contributed by atoms with van der Waals surface area (Å²) in [6.07, 6.45) is 5.43. The molecular formula is C14H18N8O. The zero-order valence-corrected chi connectivity index (χ0v) is 13.1. The van der Waals surface area contributed by atoms with E-state index in [0.29, 0.717) is 17.0 Å². The molecule has 1 N–H and O–H groups in total. The van der Waals surface area contributed by atoms with Gasteiger partial charge < -0.3 is 9.80 Å². The fourth-order valence-electron chi connectivity index (χ4n) is 2.92. The summed E-state index contributed by atoms with van der Waals surface area (Å²) in [5.41, 5.74) is 1.59. The van der Waals surface area contributed by atoms with Gasteiger partial charge in [0.15, 0.2) is 5.65 Å². The minimum Gasteiger partial charge on any atom is -0.365 e. The Kier molecular flexibility index (Phi) is 3.07. The summed E-state index contributed by atoms with van der Waals surface area (Å²) in [6.45, 7) is 3.31. The van der Waals surface area contributed by atoms with Crippen molar-refractivity contribution in [3.05, 3.63) is 28.9 Å². The Morgan fingerprint density at radius 3 is 2.48 bits per heavy atom. The number of nitrogens with zero attached hydrogens (tertiary/aromatic N) is 7. The van der Waals surface area contributed by atoms with Gasteiger partial charge in [-0.15, -0.1) is 0 Å². The Morgan fingerprint density at radius 1 is 1.04 bits per heavy atom. The molecule has 120 valence electrons. The number of aryl methyl sites for hydroxylation is 2. The number of hydrogen-bond donors (Lipinski definition) is 1. The maximum absolute atomic E-state index is 12.1. The number of anilines is 2. The minimum atomic E-state index is -0.146. The number of rotatable bonds is 2. The van der Waals surface area contributed by atoms with Crippen molar-refractivity contribution in [2.45, 2.75) is 0 Å². The molecule has 0 bridgehead atoms. The van der Waals surface area contributed by atoms with Gasteiger partial charge in [0.1, 0.15) is 5.39 Å². The topological polar surface area (TPSA) is 87.9 Å². The maximum atomic E-state index is 12.1. The smallest absolute Gasteiger partial charge is 0.263 e. The van der Waals surface area contributed by atoms with E-state index in [0.717, 1.165) is 31.9 Å². The highest BCUT2D eigenvalue weighted by atomic mass is 16.1. The van der Waals surface area contributed by atoms with Crippen molar-refractivity contribution < 1.29 is 0 Å². The molecule has 9 nitrogen and oxygen atoms in total. The summed E-state index contributed by atoms with van der Waals surface area (Å²) in [4.78, 5) is 23.9. The van der Waals surface area contributed by atoms with Gasteiger partial charge in [-0.3, -0.25) is 19.1 Å². The highest BCUT2D eigenvalue weighted by molar-refractivity contribution is 5.74. The first-order chi connectivity index (χ1) is 11.1. The largest absolute Gasteiger partial charge is 0.365 e. The standard InChI is InChI=1S/C14H18N8O/c1-19-9-10(7-15-19)21-3-5-22(6-4-21)14-17-12-11(13(23)18-14)8-16-20(12)2/h7-9H,3-6H2,1-2H3,(H,17,18,23). The third kappa shape index (κ3) is 2.33. The summed E-state index contributed by atoms with van der Waals surface area (Å²) in [5, 5.41) is 8.82. The van der Waals surface area contributed by atoms with Crippen LogP contribution in [0.2, 0.25) is 0 Å². The van der Waals surface area contributed by atoms with Gasteiger partial charge in [0.05, 0.1) is 18.1 Å². The summed E-state index contributed by atoms with van der Waals surface area (Å²) in [6, 6.07) is 0. The van der Waals surface area contributed by atoms with Crippen LogP contribution >= 0.6 is 0 Å². The molecule has 0 aliphatic carbocycles. The maximum Gasteiger partial charge on any atom is 0.263 e. The van der Waals surface area contributed by atoms with Crippen molar-refractivity contribution in [3.8, 4) is 0 Å². The van der Waals surface area contributed by atoms with Gasteiger partial charge in [0.25, 0.3) is 5.56 Å². The molecule has 3 aromatic rings. The molecule has 3 aromatic heterocycles. The van der Waals surface area contributed by atoms with Crippen molar-refractivity contribution in [1.29, 1.82) is 0 Å². The van der Waals surface area contributed by atoms with Crippen LogP contribution in [0, 0.1) is 0 Å². The fourth-order valence-corrected chi connectivity index (χ4v) is 2.92. The lowest BCUT2D eigenvalue weighted by Crippen LogP contribution is -2.47. The van der Waals surface area contributed by atoms with Gasteiger partial charge in [-0.2, -0.15) is 15.2 Å². The Labute approximate surface area is 132 Å². The molecule has 0 unspecified atom stereocenters. The van der Waals surface area contributed by atoms with Crippen molar-refractivity contribution in [2.75, 3.05) is 36.0 Å². The monoisotopic (exact) mass is 314 g/mol. The first kappa shape index (κ1) is 13.8. The van der Waals surface area contributed by atoms with Gasteiger partial charge in [-0.05, 0) is 0 Å². The van der Waals surface area contributed by atoms with Gasteiger partial charge >= 0.3 is 0 Å². The summed E-state index contributed by atoms with van der Waals surface area (Å²) in [5.74, 6) is 0.608. The molecule has 1 fully saturated rings. The predicted molar refractivity (Wildman–Crippen MR) is 86.8 cm³/mol. The van der Waals surface area contributed by atoms with Crippen LogP contribution in [-0.2, 0) is 14.1 Å². The quantitative estimate of drug-likeness (QED) is 0.700. The van der Waals surface area contributed by atoms with Crippen LogP contribution in [0.1, 0.15) is 0 Å². The molecule has 9 heteroatoms. The zero-order chi connectivity index (χ0) is 16.0. The van der Waals surface area contributed by atoms with E-state index in [2.05, 4.69) is 30.0 Å². The van der Waals surface area contributed by atoms with Crippen LogP contribution in [0.3, 0.4) is 0 Å². The van der Waals surface area contributed by atoms with Crippen molar-refractivity contribution in [2.24, 2.45) is 14.1 Å². The van der Waals surface area contributed by atoms with E-state index in [4.69, 9.17) is 0 Å². The van der Waals surface area contributed by atoms with Crippen molar-refractivity contribution in [3.63, 3.8) is 0 Å². The van der Waals surface area contributed by atoms with Crippen LogP contribution in [0.5, 0.6) is 0 Å². The van der Waals surface area contributed by atoms with Gasteiger partial charge in [0, 0.05) is 46.5 Å². The zero-order valence-electron chi connectivity index (χ0n) is 13.1. The second-order valence-electron chi connectivity index (χ2n) is 5.74. The molecule has 4 heterocycles. The molecule has 0 radical (unpaired) electrons. The fraction of sp³-hybridized carbons (Fsp3) is 0.429. The van der Waals surface area contributed by atoms with Gasteiger partial charge in [-0.1, -0.05) is 0 Å². The summed E-state index contributed by atoms with van der Waals surface area (Å²) in [7, 11) is 3.70.